The second kappa shape index (κ2) is 7.33. The lowest BCUT2D eigenvalue weighted by Crippen LogP contribution is -2.01. The molecule has 0 N–H and O–H groups in total. The molecule has 136 valence electrons. The van der Waals surface area contributed by atoms with Gasteiger partial charge in [0.05, 0.1) is 12.0 Å². The number of hydrogen-bond acceptors (Lipinski definition) is 3. The minimum absolute atomic E-state index is 0.461. The molecule has 1 aliphatic heterocycles. The molecule has 0 aliphatic carbocycles. The van der Waals surface area contributed by atoms with Crippen LogP contribution in [-0.2, 0) is 10.8 Å². The van der Waals surface area contributed by atoms with Crippen LogP contribution in [0.5, 0.6) is 11.5 Å². The first-order valence-corrected chi connectivity index (χ1v) is 10.4. The third-order valence-electron chi connectivity index (χ3n) is 4.38. The highest BCUT2D eigenvalue weighted by atomic mass is 79.9. The Kier molecular flexibility index (Phi) is 4.89. The summed E-state index contributed by atoms with van der Waals surface area (Å²) >= 11 is 3.47. The Bertz CT molecular complexity index is 1050. The van der Waals surface area contributed by atoms with Crippen molar-refractivity contribution in [1.82, 2.24) is 0 Å². The molecular weight excluding hydrogens is 424 g/mol. The van der Waals surface area contributed by atoms with E-state index >= 15 is 0 Å². The predicted molar refractivity (Wildman–Crippen MR) is 111 cm³/mol. The topological polar surface area (TPSA) is 35.5 Å². The maximum Gasteiger partial charge on any atom is 0.204 e. The highest BCUT2D eigenvalue weighted by Gasteiger charge is 2.31. The number of aryl methyl sites for hydroxylation is 1. The first-order valence-electron chi connectivity index (χ1n) is 8.42. The van der Waals surface area contributed by atoms with Gasteiger partial charge in [-0.3, -0.25) is 0 Å². The van der Waals surface area contributed by atoms with E-state index in [2.05, 4.69) is 15.9 Å². The van der Waals surface area contributed by atoms with Gasteiger partial charge in [-0.1, -0.05) is 40.2 Å². The van der Waals surface area contributed by atoms with Crippen LogP contribution in [0, 0.1) is 6.92 Å². The lowest BCUT2D eigenvalue weighted by atomic mass is 9.98. The number of rotatable bonds is 4. The van der Waals surface area contributed by atoms with E-state index in [1.807, 2.05) is 73.7 Å². The molecule has 3 aromatic carbocycles. The second-order valence-corrected chi connectivity index (χ2v) is 8.48. The van der Waals surface area contributed by atoms with E-state index < -0.39 is 10.8 Å². The first-order chi connectivity index (χ1) is 13.1. The summed E-state index contributed by atoms with van der Waals surface area (Å²) < 4.78 is 25.5. The maximum atomic E-state index is 13.2. The Morgan fingerprint density at radius 2 is 1.56 bits per heavy atom. The van der Waals surface area contributed by atoms with Gasteiger partial charge < -0.3 is 9.47 Å². The average molecular weight is 441 g/mol. The van der Waals surface area contributed by atoms with Crippen molar-refractivity contribution in [2.45, 2.75) is 11.8 Å². The predicted octanol–water partition coefficient (Wildman–Crippen LogP) is 5.68. The monoisotopic (exact) mass is 440 g/mol. The SMILES string of the molecule is COc1ccc(OC2=C(c3ccc(Br)cc3)c3ccc(C)cc3S2=O)cc1. The summed E-state index contributed by atoms with van der Waals surface area (Å²) in [5.41, 5.74) is 3.86. The van der Waals surface area contributed by atoms with Gasteiger partial charge in [-0.05, 0) is 60.5 Å². The normalized spacial score (nSPS) is 15.6. The van der Waals surface area contributed by atoms with Crippen molar-refractivity contribution in [3.8, 4) is 11.5 Å². The van der Waals surface area contributed by atoms with Crippen molar-refractivity contribution in [3.05, 3.63) is 93.0 Å². The molecular formula is C22H17BrO3S. The molecule has 0 radical (unpaired) electrons. The fraction of sp³-hybridized carbons (Fsp3) is 0.0909. The fourth-order valence-electron chi connectivity index (χ4n) is 3.02. The Labute approximate surface area is 169 Å². The van der Waals surface area contributed by atoms with Crippen LogP contribution in [0.4, 0.5) is 0 Å². The van der Waals surface area contributed by atoms with Crippen molar-refractivity contribution in [2.24, 2.45) is 0 Å². The van der Waals surface area contributed by atoms with Crippen LogP contribution in [0.25, 0.3) is 5.57 Å². The summed E-state index contributed by atoms with van der Waals surface area (Å²) in [6.45, 7) is 2.00. The molecule has 3 aromatic rings. The number of benzene rings is 3. The standard InChI is InChI=1S/C22H17BrO3S/c1-14-3-12-19-20(13-14)27(24)22(21(19)15-4-6-16(23)7-5-15)26-18-10-8-17(25-2)9-11-18/h3-13H,1-2H3. The molecule has 0 saturated carbocycles. The second-order valence-electron chi connectivity index (χ2n) is 6.22. The van der Waals surface area contributed by atoms with E-state index in [1.54, 1.807) is 7.11 Å². The van der Waals surface area contributed by atoms with Crippen LogP contribution in [0.15, 0.2) is 81.2 Å². The van der Waals surface area contributed by atoms with Gasteiger partial charge in [-0.2, -0.15) is 0 Å². The highest BCUT2D eigenvalue weighted by molar-refractivity contribution is 9.10. The van der Waals surface area contributed by atoms with Gasteiger partial charge in [0.15, 0.2) is 0 Å². The molecule has 0 bridgehead atoms. The Balaban J connectivity index is 1.84. The van der Waals surface area contributed by atoms with E-state index in [0.717, 1.165) is 37.4 Å². The molecule has 0 saturated heterocycles. The van der Waals surface area contributed by atoms with E-state index in [9.17, 15) is 4.21 Å². The zero-order chi connectivity index (χ0) is 19.0. The summed E-state index contributed by atoms with van der Waals surface area (Å²) in [6, 6.07) is 21.3. The summed E-state index contributed by atoms with van der Waals surface area (Å²) in [6.07, 6.45) is 0. The van der Waals surface area contributed by atoms with Gasteiger partial charge in [0.2, 0.25) is 5.09 Å². The Hall–Kier alpha value is -2.37. The van der Waals surface area contributed by atoms with Gasteiger partial charge >= 0.3 is 0 Å². The average Bonchev–Trinajstić information content (AvgIpc) is 2.95. The van der Waals surface area contributed by atoms with Crippen LogP contribution in [0.1, 0.15) is 16.7 Å². The Morgan fingerprint density at radius 1 is 0.889 bits per heavy atom. The minimum atomic E-state index is -1.37. The molecule has 3 nitrogen and oxygen atoms in total. The molecule has 0 spiro atoms. The van der Waals surface area contributed by atoms with Crippen molar-refractivity contribution < 1.29 is 13.7 Å². The first kappa shape index (κ1) is 18.0. The van der Waals surface area contributed by atoms with Gasteiger partial charge in [0.25, 0.3) is 0 Å². The largest absolute Gasteiger partial charge is 0.497 e. The van der Waals surface area contributed by atoms with Crippen molar-refractivity contribution >= 4 is 32.3 Å². The van der Waals surface area contributed by atoms with Gasteiger partial charge in [-0.15, -0.1) is 0 Å². The smallest absolute Gasteiger partial charge is 0.204 e. The number of hydrogen-bond donors (Lipinski definition) is 0. The van der Waals surface area contributed by atoms with Crippen molar-refractivity contribution in [3.63, 3.8) is 0 Å². The lowest BCUT2D eigenvalue weighted by Gasteiger charge is -2.10. The van der Waals surface area contributed by atoms with Crippen LogP contribution < -0.4 is 9.47 Å². The molecule has 0 aromatic heterocycles. The van der Waals surface area contributed by atoms with Gasteiger partial charge in [0.1, 0.15) is 22.3 Å². The molecule has 4 rings (SSSR count). The third-order valence-corrected chi connectivity index (χ3v) is 6.27. The van der Waals surface area contributed by atoms with Crippen LogP contribution in [0.2, 0.25) is 0 Å². The molecule has 0 amide bonds. The minimum Gasteiger partial charge on any atom is -0.497 e. The number of ether oxygens (including phenoxy) is 2. The summed E-state index contributed by atoms with van der Waals surface area (Å²) in [4.78, 5) is 0.788. The van der Waals surface area contributed by atoms with Crippen molar-refractivity contribution in [1.29, 1.82) is 0 Å². The van der Waals surface area contributed by atoms with Gasteiger partial charge in [-0.25, -0.2) is 4.21 Å². The quantitative estimate of drug-likeness (QED) is 0.523. The van der Waals surface area contributed by atoms with Gasteiger partial charge in [0, 0.05) is 15.6 Å². The third kappa shape index (κ3) is 3.45. The number of halogens is 1. The summed E-state index contributed by atoms with van der Waals surface area (Å²) in [5, 5.41) is 0.461. The van der Waals surface area contributed by atoms with E-state index in [1.165, 1.54) is 0 Å². The zero-order valence-electron chi connectivity index (χ0n) is 14.9. The molecule has 0 fully saturated rings. The van der Waals surface area contributed by atoms with Crippen molar-refractivity contribution in [2.75, 3.05) is 7.11 Å². The van der Waals surface area contributed by atoms with Crippen LogP contribution in [-0.4, -0.2) is 11.3 Å². The van der Waals surface area contributed by atoms with E-state index in [4.69, 9.17) is 9.47 Å². The summed E-state index contributed by atoms with van der Waals surface area (Å²) in [7, 11) is 0.245. The van der Waals surface area contributed by atoms with E-state index in [0.29, 0.717) is 10.8 Å². The molecule has 1 unspecified atom stereocenters. The molecule has 1 atom stereocenters. The lowest BCUT2D eigenvalue weighted by molar-refractivity contribution is 0.412. The molecule has 5 heteroatoms. The fourth-order valence-corrected chi connectivity index (χ4v) is 4.73. The molecule has 27 heavy (non-hydrogen) atoms. The van der Waals surface area contributed by atoms with Crippen LogP contribution in [0.3, 0.4) is 0 Å². The molecule has 1 aliphatic rings. The summed E-state index contributed by atoms with van der Waals surface area (Å²) in [5.74, 6) is 1.37. The molecule has 1 heterocycles. The number of methoxy groups -OCH3 is 1. The zero-order valence-corrected chi connectivity index (χ0v) is 17.3. The van der Waals surface area contributed by atoms with Crippen LogP contribution >= 0.6 is 15.9 Å². The van der Waals surface area contributed by atoms with E-state index in [-0.39, 0.29) is 0 Å². The number of fused-ring (bicyclic) bond motifs is 1. The maximum absolute atomic E-state index is 13.2. The highest BCUT2D eigenvalue weighted by Crippen LogP contribution is 2.42. The Morgan fingerprint density at radius 3 is 2.22 bits per heavy atom.